The molecule has 1 fully saturated rings. The molecule has 1 aromatic rings. The number of carbonyl (C=O) groups excluding carboxylic acids is 1. The van der Waals surface area contributed by atoms with E-state index in [1.807, 2.05) is 0 Å². The van der Waals surface area contributed by atoms with Crippen LogP contribution in [0.15, 0.2) is 16.6 Å². The second kappa shape index (κ2) is 6.63. The van der Waals surface area contributed by atoms with Gasteiger partial charge in [-0.05, 0) is 31.9 Å². The fraction of sp³-hybridized carbons (Fsp3) is 0.500. The van der Waals surface area contributed by atoms with Gasteiger partial charge in [0.1, 0.15) is 17.2 Å². The van der Waals surface area contributed by atoms with Gasteiger partial charge in [0.25, 0.3) is 5.91 Å². The molecule has 1 aliphatic rings. The summed E-state index contributed by atoms with van der Waals surface area (Å²) in [6.45, 7) is 3.21. The smallest absolute Gasteiger partial charge is 0.259 e. The van der Waals surface area contributed by atoms with E-state index in [0.717, 1.165) is 25.0 Å². The zero-order valence-electron chi connectivity index (χ0n) is 11.2. The van der Waals surface area contributed by atoms with E-state index in [9.17, 15) is 13.6 Å². The average Bonchev–Trinajstić information content (AvgIpc) is 2.87. The standard InChI is InChI=1S/C14H16BrF2NO2/c1-2-18(8-10-4-3-5-20-10)14(19)13-11(16)6-9(15)7-12(13)17/h6-7,10H,2-5,8H2,1H3. The summed E-state index contributed by atoms with van der Waals surface area (Å²) < 4.78 is 33.4. The van der Waals surface area contributed by atoms with E-state index in [1.165, 1.54) is 4.90 Å². The Morgan fingerprint density at radius 1 is 1.45 bits per heavy atom. The maximum absolute atomic E-state index is 13.8. The molecule has 1 atom stereocenters. The Hall–Kier alpha value is -1.01. The maximum Gasteiger partial charge on any atom is 0.259 e. The van der Waals surface area contributed by atoms with Crippen LogP contribution in [-0.4, -0.2) is 36.6 Å². The van der Waals surface area contributed by atoms with E-state index in [-0.39, 0.29) is 10.6 Å². The highest BCUT2D eigenvalue weighted by Crippen LogP contribution is 2.22. The van der Waals surface area contributed by atoms with Crippen LogP contribution in [-0.2, 0) is 4.74 Å². The number of hydrogen-bond donors (Lipinski definition) is 0. The Morgan fingerprint density at radius 2 is 2.10 bits per heavy atom. The van der Waals surface area contributed by atoms with Gasteiger partial charge in [-0.1, -0.05) is 15.9 Å². The van der Waals surface area contributed by atoms with E-state index >= 15 is 0 Å². The van der Waals surface area contributed by atoms with Crippen molar-refractivity contribution in [2.24, 2.45) is 0 Å². The zero-order valence-corrected chi connectivity index (χ0v) is 12.8. The number of halogens is 3. The van der Waals surface area contributed by atoms with Crippen molar-refractivity contribution >= 4 is 21.8 Å². The first kappa shape index (κ1) is 15.4. The minimum absolute atomic E-state index is 0.0412. The normalized spacial score (nSPS) is 18.3. The van der Waals surface area contributed by atoms with Crippen LogP contribution < -0.4 is 0 Å². The Labute approximate surface area is 125 Å². The van der Waals surface area contributed by atoms with E-state index < -0.39 is 23.1 Å². The van der Waals surface area contributed by atoms with Gasteiger partial charge in [0.05, 0.1) is 6.10 Å². The van der Waals surface area contributed by atoms with Crippen LogP contribution >= 0.6 is 15.9 Å². The van der Waals surface area contributed by atoms with Crippen molar-refractivity contribution in [2.45, 2.75) is 25.9 Å². The lowest BCUT2D eigenvalue weighted by Crippen LogP contribution is -2.38. The van der Waals surface area contributed by atoms with Crippen molar-refractivity contribution in [1.29, 1.82) is 0 Å². The molecule has 1 heterocycles. The Morgan fingerprint density at radius 3 is 2.60 bits per heavy atom. The molecule has 0 spiro atoms. The lowest BCUT2D eigenvalue weighted by atomic mass is 10.1. The summed E-state index contributed by atoms with van der Waals surface area (Å²) in [6.07, 6.45) is 1.78. The van der Waals surface area contributed by atoms with E-state index in [2.05, 4.69) is 15.9 Å². The van der Waals surface area contributed by atoms with Crippen LogP contribution in [0.2, 0.25) is 0 Å². The summed E-state index contributed by atoms with van der Waals surface area (Å²) in [6, 6.07) is 2.19. The third-order valence-corrected chi connectivity index (χ3v) is 3.80. The molecule has 1 aliphatic heterocycles. The quantitative estimate of drug-likeness (QED) is 0.835. The fourth-order valence-electron chi connectivity index (χ4n) is 2.29. The van der Waals surface area contributed by atoms with Crippen LogP contribution in [0.25, 0.3) is 0 Å². The van der Waals surface area contributed by atoms with Crippen molar-refractivity contribution in [1.82, 2.24) is 4.90 Å². The molecule has 1 aromatic carbocycles. The van der Waals surface area contributed by atoms with Gasteiger partial charge < -0.3 is 9.64 Å². The van der Waals surface area contributed by atoms with Crippen LogP contribution in [0, 0.1) is 11.6 Å². The predicted octanol–water partition coefficient (Wildman–Crippen LogP) is 3.37. The van der Waals surface area contributed by atoms with Gasteiger partial charge in [-0.15, -0.1) is 0 Å². The molecule has 1 saturated heterocycles. The third-order valence-electron chi connectivity index (χ3n) is 3.34. The summed E-state index contributed by atoms with van der Waals surface area (Å²) >= 11 is 3.00. The molecule has 0 aromatic heterocycles. The first-order valence-corrected chi connectivity index (χ1v) is 7.37. The largest absolute Gasteiger partial charge is 0.376 e. The number of rotatable bonds is 4. The highest BCUT2D eigenvalue weighted by Gasteiger charge is 2.26. The lowest BCUT2D eigenvalue weighted by Gasteiger charge is -2.24. The van der Waals surface area contributed by atoms with Gasteiger partial charge in [0, 0.05) is 24.2 Å². The first-order valence-electron chi connectivity index (χ1n) is 6.58. The van der Waals surface area contributed by atoms with Gasteiger partial charge in [-0.2, -0.15) is 0 Å². The number of amides is 1. The third kappa shape index (κ3) is 3.35. The van der Waals surface area contributed by atoms with Crippen molar-refractivity contribution in [2.75, 3.05) is 19.7 Å². The SMILES string of the molecule is CCN(CC1CCCO1)C(=O)c1c(F)cc(Br)cc1F. The summed E-state index contributed by atoms with van der Waals surface area (Å²) in [5, 5.41) is 0. The molecule has 0 bridgehead atoms. The van der Waals surface area contributed by atoms with Crippen molar-refractivity contribution in [3.8, 4) is 0 Å². The van der Waals surface area contributed by atoms with Gasteiger partial charge in [0.15, 0.2) is 0 Å². The summed E-state index contributed by atoms with van der Waals surface area (Å²) in [5.41, 5.74) is -0.506. The summed E-state index contributed by atoms with van der Waals surface area (Å²) in [4.78, 5) is 13.7. The molecule has 0 radical (unpaired) electrons. The molecule has 0 aliphatic carbocycles. The molecule has 1 amide bonds. The molecule has 3 nitrogen and oxygen atoms in total. The Balaban J connectivity index is 2.19. The Bertz CT molecular complexity index is 481. The summed E-state index contributed by atoms with van der Waals surface area (Å²) in [5.74, 6) is -2.34. The summed E-state index contributed by atoms with van der Waals surface area (Å²) in [7, 11) is 0. The predicted molar refractivity (Wildman–Crippen MR) is 74.6 cm³/mol. The molecule has 0 saturated carbocycles. The minimum atomic E-state index is -0.854. The molecule has 110 valence electrons. The van der Waals surface area contributed by atoms with Crippen LogP contribution in [0.3, 0.4) is 0 Å². The van der Waals surface area contributed by atoms with E-state index in [1.54, 1.807) is 6.92 Å². The maximum atomic E-state index is 13.8. The molecule has 1 unspecified atom stereocenters. The molecule has 20 heavy (non-hydrogen) atoms. The number of nitrogens with zero attached hydrogens (tertiary/aromatic N) is 1. The van der Waals surface area contributed by atoms with Crippen LogP contribution in [0.4, 0.5) is 8.78 Å². The van der Waals surface area contributed by atoms with E-state index in [0.29, 0.717) is 19.7 Å². The van der Waals surface area contributed by atoms with Crippen LogP contribution in [0.5, 0.6) is 0 Å². The number of ether oxygens (including phenoxy) is 1. The molecular formula is C14H16BrF2NO2. The lowest BCUT2D eigenvalue weighted by molar-refractivity contribution is 0.0532. The number of likely N-dealkylation sites (N-methyl/N-ethyl adjacent to an activating group) is 1. The van der Waals surface area contributed by atoms with Crippen molar-refractivity contribution in [3.63, 3.8) is 0 Å². The topological polar surface area (TPSA) is 29.5 Å². The molecule has 6 heteroatoms. The highest BCUT2D eigenvalue weighted by molar-refractivity contribution is 9.10. The monoisotopic (exact) mass is 347 g/mol. The Kier molecular flexibility index (Phi) is 5.10. The fourth-order valence-corrected chi connectivity index (χ4v) is 2.70. The number of hydrogen-bond acceptors (Lipinski definition) is 2. The van der Waals surface area contributed by atoms with Gasteiger partial charge in [-0.3, -0.25) is 4.79 Å². The van der Waals surface area contributed by atoms with Gasteiger partial charge in [-0.25, -0.2) is 8.78 Å². The van der Waals surface area contributed by atoms with E-state index in [4.69, 9.17) is 4.74 Å². The first-order chi connectivity index (χ1) is 9.52. The second-order valence-electron chi connectivity index (χ2n) is 4.72. The van der Waals surface area contributed by atoms with Crippen LogP contribution in [0.1, 0.15) is 30.1 Å². The highest BCUT2D eigenvalue weighted by atomic mass is 79.9. The molecule has 2 rings (SSSR count). The molecular weight excluding hydrogens is 332 g/mol. The van der Waals surface area contributed by atoms with Gasteiger partial charge >= 0.3 is 0 Å². The number of benzene rings is 1. The minimum Gasteiger partial charge on any atom is -0.376 e. The average molecular weight is 348 g/mol. The van der Waals surface area contributed by atoms with Crippen molar-refractivity contribution < 1.29 is 18.3 Å². The molecule has 0 N–H and O–H groups in total. The zero-order chi connectivity index (χ0) is 14.7. The van der Waals surface area contributed by atoms with Gasteiger partial charge in [0.2, 0.25) is 0 Å². The van der Waals surface area contributed by atoms with Crippen molar-refractivity contribution in [3.05, 3.63) is 33.8 Å². The second-order valence-corrected chi connectivity index (χ2v) is 5.64. The number of carbonyl (C=O) groups is 1.